The Hall–Kier alpha value is -2.60. The van der Waals surface area contributed by atoms with E-state index in [-0.39, 0.29) is 5.91 Å². The fourth-order valence-electron chi connectivity index (χ4n) is 2.65. The molecule has 3 aromatic rings. The number of aryl methyl sites for hydroxylation is 2. The molecule has 130 valence electrons. The highest BCUT2D eigenvalue weighted by Gasteiger charge is 2.10. The molecule has 1 N–H and O–H groups in total. The van der Waals surface area contributed by atoms with E-state index in [1.807, 2.05) is 55.1 Å². The first-order valence-corrected chi connectivity index (χ1v) is 8.46. The maximum Gasteiger partial charge on any atom is 0.226 e. The lowest BCUT2D eigenvalue weighted by Gasteiger charge is -2.09. The van der Waals surface area contributed by atoms with Crippen LogP contribution in [0.2, 0.25) is 5.02 Å². The zero-order chi connectivity index (χ0) is 17.8. The molecule has 7 heteroatoms. The summed E-state index contributed by atoms with van der Waals surface area (Å²) in [6.45, 7) is 4.93. The van der Waals surface area contributed by atoms with Crippen LogP contribution in [0.15, 0.2) is 42.7 Å². The van der Waals surface area contributed by atoms with E-state index in [9.17, 15) is 4.79 Å². The van der Waals surface area contributed by atoms with Gasteiger partial charge in [0.25, 0.3) is 0 Å². The van der Waals surface area contributed by atoms with Crippen LogP contribution in [0, 0.1) is 13.8 Å². The number of anilines is 1. The van der Waals surface area contributed by atoms with E-state index in [4.69, 9.17) is 11.6 Å². The smallest absolute Gasteiger partial charge is 0.226 e. The molecule has 0 aliphatic heterocycles. The van der Waals surface area contributed by atoms with E-state index in [0.717, 1.165) is 22.6 Å². The van der Waals surface area contributed by atoms with Crippen molar-refractivity contribution < 1.29 is 4.79 Å². The van der Waals surface area contributed by atoms with Crippen molar-refractivity contribution in [3.8, 4) is 0 Å². The van der Waals surface area contributed by atoms with Gasteiger partial charge in [0.2, 0.25) is 5.91 Å². The lowest BCUT2D eigenvalue weighted by atomic mass is 10.2. The Balaban J connectivity index is 1.58. The van der Waals surface area contributed by atoms with Crippen molar-refractivity contribution in [3.05, 3.63) is 64.7 Å². The second-order valence-corrected chi connectivity index (χ2v) is 6.29. The number of aromatic nitrogens is 4. The second kappa shape index (κ2) is 7.53. The van der Waals surface area contributed by atoms with Gasteiger partial charge in [-0.2, -0.15) is 10.2 Å². The lowest BCUT2D eigenvalue weighted by molar-refractivity contribution is -0.116. The molecular formula is C18H20ClN5O. The minimum Gasteiger partial charge on any atom is -0.326 e. The van der Waals surface area contributed by atoms with Crippen molar-refractivity contribution in [2.45, 2.75) is 33.4 Å². The third-order valence-electron chi connectivity index (χ3n) is 3.96. The standard InChI is InChI=1S/C18H20ClN5O/c1-13-18(19)14(2)24(22-13)10-7-17(25)21-16-6-3-5-15(11-16)12-23-9-4-8-20-23/h3-6,8-9,11H,7,10,12H2,1-2H3,(H,21,25). The molecule has 0 bridgehead atoms. The van der Waals surface area contributed by atoms with Gasteiger partial charge < -0.3 is 5.32 Å². The van der Waals surface area contributed by atoms with Gasteiger partial charge in [0, 0.05) is 24.5 Å². The Kier molecular flexibility index (Phi) is 5.19. The van der Waals surface area contributed by atoms with E-state index in [1.165, 1.54) is 0 Å². The maximum absolute atomic E-state index is 12.2. The molecule has 0 radical (unpaired) electrons. The van der Waals surface area contributed by atoms with Crippen LogP contribution >= 0.6 is 11.6 Å². The number of hydrogen-bond donors (Lipinski definition) is 1. The summed E-state index contributed by atoms with van der Waals surface area (Å²) in [6, 6.07) is 9.66. The summed E-state index contributed by atoms with van der Waals surface area (Å²) in [5.74, 6) is -0.0556. The highest BCUT2D eigenvalue weighted by Crippen LogP contribution is 2.19. The highest BCUT2D eigenvalue weighted by molar-refractivity contribution is 6.31. The minimum atomic E-state index is -0.0556. The molecule has 0 aliphatic carbocycles. The Morgan fingerprint density at radius 2 is 2.12 bits per heavy atom. The molecule has 0 atom stereocenters. The number of nitrogens with one attached hydrogen (secondary N) is 1. The van der Waals surface area contributed by atoms with Crippen LogP contribution < -0.4 is 5.32 Å². The molecule has 0 aliphatic rings. The predicted molar refractivity (Wildman–Crippen MR) is 97.7 cm³/mol. The Morgan fingerprint density at radius 1 is 1.28 bits per heavy atom. The Labute approximate surface area is 151 Å². The zero-order valence-corrected chi connectivity index (χ0v) is 15.0. The maximum atomic E-state index is 12.2. The van der Waals surface area contributed by atoms with Gasteiger partial charge in [-0.3, -0.25) is 14.2 Å². The van der Waals surface area contributed by atoms with Crippen LogP contribution in [-0.4, -0.2) is 25.5 Å². The summed E-state index contributed by atoms with van der Waals surface area (Å²) >= 11 is 6.13. The lowest BCUT2D eigenvalue weighted by Crippen LogP contribution is -2.15. The van der Waals surface area contributed by atoms with E-state index in [0.29, 0.717) is 24.5 Å². The summed E-state index contributed by atoms with van der Waals surface area (Å²) in [6.07, 6.45) is 3.99. The number of hydrogen-bond acceptors (Lipinski definition) is 3. The zero-order valence-electron chi connectivity index (χ0n) is 14.2. The first-order valence-electron chi connectivity index (χ1n) is 8.08. The van der Waals surface area contributed by atoms with Crippen molar-refractivity contribution in [1.82, 2.24) is 19.6 Å². The van der Waals surface area contributed by atoms with Crippen LogP contribution in [0.4, 0.5) is 5.69 Å². The number of benzene rings is 1. The van der Waals surface area contributed by atoms with Crippen molar-refractivity contribution >= 4 is 23.2 Å². The van der Waals surface area contributed by atoms with Gasteiger partial charge >= 0.3 is 0 Å². The summed E-state index contributed by atoms with van der Waals surface area (Å²) in [4.78, 5) is 12.2. The quantitative estimate of drug-likeness (QED) is 0.735. The van der Waals surface area contributed by atoms with E-state index >= 15 is 0 Å². The fraction of sp³-hybridized carbons (Fsp3) is 0.278. The molecule has 1 amide bonds. The molecule has 2 aromatic heterocycles. The third kappa shape index (κ3) is 4.28. The van der Waals surface area contributed by atoms with Crippen molar-refractivity contribution in [2.75, 3.05) is 5.32 Å². The Bertz CT molecular complexity index is 870. The minimum absolute atomic E-state index is 0.0556. The van der Waals surface area contributed by atoms with E-state index in [2.05, 4.69) is 15.5 Å². The topological polar surface area (TPSA) is 64.7 Å². The predicted octanol–water partition coefficient (Wildman–Crippen LogP) is 3.43. The molecule has 0 unspecified atom stereocenters. The molecule has 3 rings (SSSR count). The average Bonchev–Trinajstić information content (AvgIpc) is 3.18. The van der Waals surface area contributed by atoms with Gasteiger partial charge in [0.05, 0.1) is 29.5 Å². The van der Waals surface area contributed by atoms with Crippen LogP contribution in [0.3, 0.4) is 0 Å². The highest BCUT2D eigenvalue weighted by atomic mass is 35.5. The van der Waals surface area contributed by atoms with Gasteiger partial charge in [0.1, 0.15) is 0 Å². The summed E-state index contributed by atoms with van der Waals surface area (Å²) < 4.78 is 3.61. The molecular weight excluding hydrogens is 338 g/mol. The number of halogens is 1. The first-order chi connectivity index (χ1) is 12.0. The fourth-order valence-corrected chi connectivity index (χ4v) is 2.79. The summed E-state index contributed by atoms with van der Waals surface area (Å²) in [5, 5.41) is 12.1. The van der Waals surface area contributed by atoms with Gasteiger partial charge in [-0.05, 0) is 37.6 Å². The monoisotopic (exact) mass is 357 g/mol. The molecule has 0 fully saturated rings. The molecule has 0 spiro atoms. The summed E-state index contributed by atoms with van der Waals surface area (Å²) in [5.41, 5.74) is 3.52. The molecule has 25 heavy (non-hydrogen) atoms. The van der Waals surface area contributed by atoms with Gasteiger partial charge in [-0.25, -0.2) is 0 Å². The van der Waals surface area contributed by atoms with Gasteiger partial charge in [-0.15, -0.1) is 0 Å². The van der Waals surface area contributed by atoms with E-state index in [1.54, 1.807) is 10.9 Å². The largest absolute Gasteiger partial charge is 0.326 e. The number of rotatable bonds is 6. The van der Waals surface area contributed by atoms with Crippen LogP contribution in [-0.2, 0) is 17.9 Å². The van der Waals surface area contributed by atoms with Crippen LogP contribution in [0.25, 0.3) is 0 Å². The second-order valence-electron chi connectivity index (χ2n) is 5.91. The van der Waals surface area contributed by atoms with Crippen molar-refractivity contribution in [1.29, 1.82) is 0 Å². The number of nitrogens with zero attached hydrogens (tertiary/aromatic N) is 4. The van der Waals surface area contributed by atoms with Crippen LogP contribution in [0.5, 0.6) is 0 Å². The van der Waals surface area contributed by atoms with Crippen molar-refractivity contribution in [2.24, 2.45) is 0 Å². The van der Waals surface area contributed by atoms with Gasteiger partial charge in [0.15, 0.2) is 0 Å². The number of carbonyl (C=O) groups is 1. The molecule has 0 saturated carbocycles. The normalized spacial score (nSPS) is 10.8. The SMILES string of the molecule is Cc1nn(CCC(=O)Nc2cccc(Cn3cccn3)c2)c(C)c1Cl. The molecule has 1 aromatic carbocycles. The Morgan fingerprint density at radius 3 is 2.80 bits per heavy atom. The third-order valence-corrected chi connectivity index (χ3v) is 4.51. The van der Waals surface area contributed by atoms with Crippen LogP contribution in [0.1, 0.15) is 23.4 Å². The van der Waals surface area contributed by atoms with Gasteiger partial charge in [-0.1, -0.05) is 23.7 Å². The van der Waals surface area contributed by atoms with E-state index < -0.39 is 0 Å². The first kappa shape index (κ1) is 17.2. The molecule has 6 nitrogen and oxygen atoms in total. The summed E-state index contributed by atoms with van der Waals surface area (Å²) in [7, 11) is 0. The number of amides is 1. The van der Waals surface area contributed by atoms with Crippen molar-refractivity contribution in [3.63, 3.8) is 0 Å². The average molecular weight is 358 g/mol. The molecule has 2 heterocycles. The molecule has 0 saturated heterocycles. The number of carbonyl (C=O) groups excluding carboxylic acids is 1.